The monoisotopic (exact) mass is 634 g/mol. The fourth-order valence-electron chi connectivity index (χ4n) is 5.66. The fraction of sp³-hybridized carbons (Fsp3) is 0.452. The molecular formula is C31H35BrN6O4. The Labute approximate surface area is 254 Å². The highest BCUT2D eigenvalue weighted by atomic mass is 79.9. The lowest BCUT2D eigenvalue weighted by atomic mass is 9.88. The van der Waals surface area contributed by atoms with Gasteiger partial charge in [-0.25, -0.2) is 14.8 Å². The quantitative estimate of drug-likeness (QED) is 0.312. The number of aryl methyl sites for hydroxylation is 1. The maximum atomic E-state index is 12.1. The van der Waals surface area contributed by atoms with E-state index in [2.05, 4.69) is 35.7 Å². The number of pyridine rings is 1. The molecule has 2 fully saturated rings. The zero-order valence-corrected chi connectivity index (χ0v) is 25.3. The van der Waals surface area contributed by atoms with Crippen molar-refractivity contribution >= 4 is 39.1 Å². The van der Waals surface area contributed by atoms with Crippen LogP contribution < -0.4 is 9.64 Å². The molecule has 10 nitrogen and oxygen atoms in total. The minimum absolute atomic E-state index is 0.264. The number of hydrogen-bond donors (Lipinski definition) is 0. The summed E-state index contributed by atoms with van der Waals surface area (Å²) in [6, 6.07) is 11.6. The summed E-state index contributed by atoms with van der Waals surface area (Å²) in [6.07, 6.45) is 7.73. The Kier molecular flexibility index (Phi) is 9.07. The van der Waals surface area contributed by atoms with Gasteiger partial charge in [-0.3, -0.25) is 9.89 Å². The molecule has 3 aliphatic rings. The number of aromatic nitrogens is 3. The third-order valence-corrected chi connectivity index (χ3v) is 8.56. The zero-order chi connectivity index (χ0) is 28.9. The van der Waals surface area contributed by atoms with Gasteiger partial charge in [-0.05, 0) is 71.4 Å². The molecule has 0 spiro atoms. The van der Waals surface area contributed by atoms with E-state index < -0.39 is 0 Å². The van der Waals surface area contributed by atoms with Gasteiger partial charge in [-0.2, -0.15) is 4.98 Å². The van der Waals surface area contributed by atoms with E-state index >= 15 is 0 Å². The lowest BCUT2D eigenvalue weighted by Crippen LogP contribution is -2.49. The molecule has 220 valence electrons. The number of nitrogens with zero attached hydrogens (tertiary/aromatic N) is 6. The van der Waals surface area contributed by atoms with Crippen LogP contribution in [0.4, 0.5) is 11.5 Å². The summed E-state index contributed by atoms with van der Waals surface area (Å²) in [7, 11) is 1.42. The van der Waals surface area contributed by atoms with Crippen molar-refractivity contribution in [2.45, 2.75) is 38.4 Å². The molecule has 42 heavy (non-hydrogen) atoms. The van der Waals surface area contributed by atoms with Crippen molar-refractivity contribution < 1.29 is 19.0 Å². The first-order valence-corrected chi connectivity index (χ1v) is 15.3. The Balaban J connectivity index is 1.10. The van der Waals surface area contributed by atoms with E-state index in [9.17, 15) is 4.79 Å². The van der Waals surface area contributed by atoms with E-state index in [4.69, 9.17) is 24.2 Å². The average Bonchev–Trinajstić information content (AvgIpc) is 3.17. The van der Waals surface area contributed by atoms with Crippen LogP contribution in [0.5, 0.6) is 5.88 Å². The van der Waals surface area contributed by atoms with E-state index in [1.165, 1.54) is 12.8 Å². The molecule has 0 amide bonds. The first kappa shape index (κ1) is 28.7. The third kappa shape index (κ3) is 6.96. The summed E-state index contributed by atoms with van der Waals surface area (Å²) in [5.74, 6) is 2.12. The highest BCUT2D eigenvalue weighted by Crippen LogP contribution is 2.33. The molecule has 3 aromatic rings. The van der Waals surface area contributed by atoms with Gasteiger partial charge in [0.15, 0.2) is 5.82 Å². The van der Waals surface area contributed by atoms with Crippen LogP contribution in [0, 0.1) is 5.92 Å². The number of benzene rings is 1. The first-order chi connectivity index (χ1) is 20.5. The normalized spacial score (nSPS) is 20.6. The van der Waals surface area contributed by atoms with Gasteiger partial charge in [-0.15, -0.1) is 0 Å². The first-order valence-electron chi connectivity index (χ1n) is 14.5. The third-order valence-electron chi connectivity index (χ3n) is 8.15. The molecule has 2 atom stereocenters. The second-order valence-corrected chi connectivity index (χ2v) is 11.8. The van der Waals surface area contributed by atoms with E-state index in [0.717, 1.165) is 86.6 Å². The minimum atomic E-state index is -0.311. The average molecular weight is 636 g/mol. The summed E-state index contributed by atoms with van der Waals surface area (Å²) < 4.78 is 17.5. The van der Waals surface area contributed by atoms with Crippen LogP contribution >= 0.6 is 15.9 Å². The number of ether oxygens (including phenoxy) is 3. The van der Waals surface area contributed by atoms with Crippen molar-refractivity contribution in [3.63, 3.8) is 0 Å². The summed E-state index contributed by atoms with van der Waals surface area (Å²) in [5, 5.41) is 0. The summed E-state index contributed by atoms with van der Waals surface area (Å²) in [4.78, 5) is 35.4. The molecule has 3 aliphatic heterocycles. The predicted octanol–water partition coefficient (Wildman–Crippen LogP) is 4.64. The minimum Gasteiger partial charge on any atom is -0.469 e. The number of piperazine rings is 1. The molecule has 1 aromatic carbocycles. The Morgan fingerprint density at radius 3 is 2.64 bits per heavy atom. The molecule has 0 N–H and O–H groups in total. The molecule has 2 aromatic heterocycles. The topological polar surface area (TPSA) is 102 Å². The molecule has 11 heteroatoms. The SMILES string of the molecule is COC(=O)c1ccc2c(c1)CCC(C[C@@H]1CCO1)C(CN1CCN(c3cccc(OCc4ncc(Br)cn4)n3)CC1)=N2. The number of methoxy groups -OCH3 is 1. The summed E-state index contributed by atoms with van der Waals surface area (Å²) in [5.41, 5.74) is 3.86. The van der Waals surface area contributed by atoms with Gasteiger partial charge < -0.3 is 19.1 Å². The standard InChI is InChI=1S/C31H35BrN6O4/c1-40-31(39)23-7-8-26-21(15-23)5-6-22(16-25-9-14-41-25)27(35-26)19-37-10-12-38(13-11-37)29-3-2-4-30(36-29)42-20-28-33-17-24(32)18-34-28/h2-4,7-8,15,17-18,22,25H,5-6,9-14,16,19-20H2,1H3/t22?,25-/m0/s1. The van der Waals surface area contributed by atoms with E-state index in [-0.39, 0.29) is 12.6 Å². The highest BCUT2D eigenvalue weighted by Gasteiger charge is 2.30. The van der Waals surface area contributed by atoms with Gasteiger partial charge in [0.05, 0.1) is 28.9 Å². The van der Waals surface area contributed by atoms with Crippen molar-refractivity contribution in [1.29, 1.82) is 0 Å². The molecule has 1 unspecified atom stereocenters. The van der Waals surface area contributed by atoms with Crippen LogP contribution in [-0.2, 0) is 22.5 Å². The largest absolute Gasteiger partial charge is 0.469 e. The number of hydrogen-bond acceptors (Lipinski definition) is 10. The Bertz CT molecular complexity index is 1420. The summed E-state index contributed by atoms with van der Waals surface area (Å²) in [6.45, 7) is 5.52. The number of fused-ring (bicyclic) bond motifs is 1. The van der Waals surface area contributed by atoms with Crippen LogP contribution in [0.1, 0.15) is 41.0 Å². The molecule has 2 saturated heterocycles. The Morgan fingerprint density at radius 1 is 1.10 bits per heavy atom. The molecule has 0 bridgehead atoms. The van der Waals surface area contributed by atoms with Gasteiger partial charge in [0.2, 0.25) is 5.88 Å². The van der Waals surface area contributed by atoms with Crippen LogP contribution in [0.25, 0.3) is 0 Å². The number of aliphatic imine (C=N–C) groups is 1. The molecule has 0 aliphatic carbocycles. The van der Waals surface area contributed by atoms with E-state index in [0.29, 0.717) is 29.3 Å². The second-order valence-electron chi connectivity index (χ2n) is 10.9. The maximum Gasteiger partial charge on any atom is 0.337 e. The van der Waals surface area contributed by atoms with Crippen molar-refractivity contribution in [2.75, 3.05) is 51.3 Å². The number of anilines is 1. The molecule has 6 rings (SSSR count). The number of esters is 1. The van der Waals surface area contributed by atoms with Crippen LogP contribution in [0.15, 0.2) is 58.3 Å². The van der Waals surface area contributed by atoms with E-state index in [1.807, 2.05) is 36.4 Å². The Hall–Kier alpha value is -3.41. The molecule has 0 saturated carbocycles. The van der Waals surface area contributed by atoms with Gasteiger partial charge in [0, 0.05) is 69.4 Å². The van der Waals surface area contributed by atoms with Crippen molar-refractivity contribution in [3.8, 4) is 5.88 Å². The maximum absolute atomic E-state index is 12.1. The van der Waals surface area contributed by atoms with Gasteiger partial charge in [0.1, 0.15) is 12.4 Å². The number of halogens is 1. The van der Waals surface area contributed by atoms with Crippen molar-refractivity contribution in [1.82, 2.24) is 19.9 Å². The van der Waals surface area contributed by atoms with Gasteiger partial charge in [-0.1, -0.05) is 6.07 Å². The van der Waals surface area contributed by atoms with Crippen LogP contribution in [0.3, 0.4) is 0 Å². The smallest absolute Gasteiger partial charge is 0.337 e. The van der Waals surface area contributed by atoms with Crippen molar-refractivity contribution in [3.05, 3.63) is 70.2 Å². The lowest BCUT2D eigenvalue weighted by molar-refractivity contribution is -0.0593. The van der Waals surface area contributed by atoms with Gasteiger partial charge >= 0.3 is 5.97 Å². The zero-order valence-electron chi connectivity index (χ0n) is 23.7. The Morgan fingerprint density at radius 2 is 1.90 bits per heavy atom. The molecular weight excluding hydrogens is 600 g/mol. The van der Waals surface area contributed by atoms with Crippen LogP contribution in [-0.4, -0.2) is 84.1 Å². The van der Waals surface area contributed by atoms with Crippen LogP contribution in [0.2, 0.25) is 0 Å². The number of carbonyl (C=O) groups is 1. The molecule has 5 heterocycles. The number of carbonyl (C=O) groups excluding carboxylic acids is 1. The van der Waals surface area contributed by atoms with Gasteiger partial charge in [0.25, 0.3) is 0 Å². The molecule has 0 radical (unpaired) electrons. The fourth-order valence-corrected chi connectivity index (χ4v) is 5.87. The van der Waals surface area contributed by atoms with Crippen molar-refractivity contribution in [2.24, 2.45) is 10.9 Å². The van der Waals surface area contributed by atoms with E-state index in [1.54, 1.807) is 12.4 Å². The second kappa shape index (κ2) is 13.3. The lowest BCUT2D eigenvalue weighted by Gasteiger charge is -2.37. The summed E-state index contributed by atoms with van der Waals surface area (Å²) >= 11 is 3.35. The predicted molar refractivity (Wildman–Crippen MR) is 163 cm³/mol. The number of rotatable bonds is 9. The highest BCUT2D eigenvalue weighted by molar-refractivity contribution is 9.10.